The number of alkyl halides is 3. The molecule has 35 heavy (non-hydrogen) atoms. The SMILES string of the molecule is CC1[C@@H](OCCOCCOCCNC(=O)C(F)(F)F)OC(COC(=O)c2ccccc2)[C@@H](C)[C@@H]1C. The van der Waals surface area contributed by atoms with Gasteiger partial charge < -0.3 is 29.0 Å². The first-order chi connectivity index (χ1) is 16.6. The van der Waals surface area contributed by atoms with Crippen molar-refractivity contribution in [3.05, 3.63) is 35.9 Å². The zero-order chi connectivity index (χ0) is 25.8. The van der Waals surface area contributed by atoms with E-state index in [1.807, 2.05) is 13.0 Å². The van der Waals surface area contributed by atoms with Crippen LogP contribution in [-0.2, 0) is 28.5 Å². The average molecular weight is 506 g/mol. The van der Waals surface area contributed by atoms with Crippen LogP contribution in [0.4, 0.5) is 13.2 Å². The highest BCUT2D eigenvalue weighted by molar-refractivity contribution is 5.89. The third-order valence-electron chi connectivity index (χ3n) is 6.04. The van der Waals surface area contributed by atoms with Gasteiger partial charge in [-0.25, -0.2) is 4.79 Å². The molecule has 11 heteroatoms. The lowest BCUT2D eigenvalue weighted by Gasteiger charge is -2.43. The van der Waals surface area contributed by atoms with E-state index in [0.29, 0.717) is 5.56 Å². The summed E-state index contributed by atoms with van der Waals surface area (Å²) in [5.41, 5.74) is 0.484. The Labute approximate surface area is 203 Å². The van der Waals surface area contributed by atoms with Crippen LogP contribution in [0.2, 0.25) is 0 Å². The highest BCUT2D eigenvalue weighted by Gasteiger charge is 2.40. The van der Waals surface area contributed by atoms with Crippen LogP contribution in [-0.4, -0.2) is 76.6 Å². The molecule has 8 nitrogen and oxygen atoms in total. The number of amides is 1. The number of nitrogens with one attached hydrogen (secondary N) is 1. The van der Waals surface area contributed by atoms with Crippen LogP contribution in [0, 0.1) is 17.8 Å². The second-order valence-electron chi connectivity index (χ2n) is 8.43. The van der Waals surface area contributed by atoms with Gasteiger partial charge in [-0.05, 0) is 24.0 Å². The van der Waals surface area contributed by atoms with Crippen molar-refractivity contribution >= 4 is 11.9 Å². The number of hydrogen-bond acceptors (Lipinski definition) is 7. The highest BCUT2D eigenvalue weighted by atomic mass is 19.4. The minimum atomic E-state index is -4.90. The number of carbonyl (C=O) groups is 2. The van der Waals surface area contributed by atoms with E-state index in [1.165, 1.54) is 0 Å². The number of hydrogen-bond donors (Lipinski definition) is 1. The lowest BCUT2D eigenvalue weighted by atomic mass is 9.79. The predicted molar refractivity (Wildman–Crippen MR) is 120 cm³/mol. The van der Waals surface area contributed by atoms with Gasteiger partial charge in [0.05, 0.1) is 44.7 Å². The molecule has 1 aliphatic rings. The molecule has 0 bridgehead atoms. The summed E-state index contributed by atoms with van der Waals surface area (Å²) in [6, 6.07) is 8.77. The molecule has 0 saturated carbocycles. The van der Waals surface area contributed by atoms with Gasteiger partial charge in [-0.3, -0.25) is 4.79 Å². The van der Waals surface area contributed by atoms with Gasteiger partial charge in [0.15, 0.2) is 6.29 Å². The summed E-state index contributed by atoms with van der Waals surface area (Å²) in [6.45, 7) is 7.00. The van der Waals surface area contributed by atoms with E-state index in [-0.39, 0.29) is 70.0 Å². The van der Waals surface area contributed by atoms with Gasteiger partial charge >= 0.3 is 18.1 Å². The van der Waals surface area contributed by atoms with Gasteiger partial charge in [-0.2, -0.15) is 13.2 Å². The molecule has 198 valence electrons. The summed E-state index contributed by atoms with van der Waals surface area (Å²) in [6.07, 6.45) is -5.67. The van der Waals surface area contributed by atoms with Gasteiger partial charge in [-0.1, -0.05) is 39.0 Å². The van der Waals surface area contributed by atoms with Crippen LogP contribution in [0.3, 0.4) is 0 Å². The number of carbonyl (C=O) groups excluding carboxylic acids is 2. The fourth-order valence-electron chi connectivity index (χ4n) is 3.57. The molecule has 2 rings (SSSR count). The normalized spacial score (nSPS) is 24.7. The molecule has 0 aromatic heterocycles. The maximum atomic E-state index is 12.2. The maximum absolute atomic E-state index is 12.2. The maximum Gasteiger partial charge on any atom is 0.471 e. The lowest BCUT2D eigenvalue weighted by Crippen LogP contribution is -2.48. The van der Waals surface area contributed by atoms with E-state index in [4.69, 9.17) is 23.7 Å². The summed E-state index contributed by atoms with van der Waals surface area (Å²) in [5, 5.41) is 1.72. The second-order valence-corrected chi connectivity index (χ2v) is 8.43. The Morgan fingerprint density at radius 2 is 1.54 bits per heavy atom. The Morgan fingerprint density at radius 3 is 2.20 bits per heavy atom. The number of ether oxygens (including phenoxy) is 5. The zero-order valence-electron chi connectivity index (χ0n) is 20.2. The van der Waals surface area contributed by atoms with E-state index >= 15 is 0 Å². The fourth-order valence-corrected chi connectivity index (χ4v) is 3.57. The summed E-state index contributed by atoms with van der Waals surface area (Å²) in [7, 11) is 0. The van der Waals surface area contributed by atoms with E-state index in [9.17, 15) is 22.8 Å². The second kappa shape index (κ2) is 14.4. The minimum absolute atomic E-state index is 0.0542. The van der Waals surface area contributed by atoms with Gasteiger partial charge in [0.1, 0.15) is 6.61 Å². The Hall–Kier alpha value is -2.21. The number of rotatable bonds is 13. The molecule has 5 atom stereocenters. The standard InChI is InChI=1S/C24H34F3NO7/c1-16-17(2)20(15-34-21(29)19-7-5-4-6-8-19)35-22(18(16)3)33-14-13-32-12-11-31-10-9-28-23(30)24(25,26)27/h4-8,16-18,20,22H,9-15H2,1-3H3,(H,28,30)/t16-,17-,18?,20?,22-/m0/s1. The van der Waals surface area contributed by atoms with Crippen LogP contribution in [0.25, 0.3) is 0 Å². The van der Waals surface area contributed by atoms with Crippen LogP contribution in [0.5, 0.6) is 0 Å². The van der Waals surface area contributed by atoms with Crippen molar-refractivity contribution in [3.63, 3.8) is 0 Å². The molecule has 1 heterocycles. The molecule has 1 N–H and O–H groups in total. The van der Waals surface area contributed by atoms with Gasteiger partial charge in [-0.15, -0.1) is 0 Å². The van der Waals surface area contributed by atoms with E-state index in [1.54, 1.807) is 29.6 Å². The Kier molecular flexibility index (Phi) is 11.9. The summed E-state index contributed by atoms with van der Waals surface area (Å²) in [4.78, 5) is 22.9. The van der Waals surface area contributed by atoms with Crippen LogP contribution in [0.1, 0.15) is 31.1 Å². The van der Waals surface area contributed by atoms with Crippen LogP contribution >= 0.6 is 0 Å². The number of benzene rings is 1. The minimum Gasteiger partial charge on any atom is -0.459 e. The largest absolute Gasteiger partial charge is 0.471 e. The van der Waals surface area contributed by atoms with E-state index in [2.05, 4.69) is 13.8 Å². The average Bonchev–Trinajstić information content (AvgIpc) is 2.83. The van der Waals surface area contributed by atoms with Crippen LogP contribution < -0.4 is 5.32 Å². The molecule has 2 unspecified atom stereocenters. The van der Waals surface area contributed by atoms with Crippen molar-refractivity contribution in [2.45, 2.75) is 39.3 Å². The van der Waals surface area contributed by atoms with E-state index in [0.717, 1.165) is 0 Å². The quantitative estimate of drug-likeness (QED) is 0.325. The fraction of sp³-hybridized carbons (Fsp3) is 0.667. The Balaban J connectivity index is 1.61. The zero-order valence-corrected chi connectivity index (χ0v) is 20.2. The van der Waals surface area contributed by atoms with Crippen LogP contribution in [0.15, 0.2) is 30.3 Å². The molecular weight excluding hydrogens is 471 g/mol. The van der Waals surface area contributed by atoms with Crippen molar-refractivity contribution in [1.82, 2.24) is 5.32 Å². The molecule has 1 aromatic carbocycles. The van der Waals surface area contributed by atoms with Gasteiger partial charge in [0.2, 0.25) is 0 Å². The third kappa shape index (κ3) is 9.75. The smallest absolute Gasteiger partial charge is 0.459 e. The monoisotopic (exact) mass is 505 g/mol. The topological polar surface area (TPSA) is 92.3 Å². The highest BCUT2D eigenvalue weighted by Crippen LogP contribution is 2.35. The third-order valence-corrected chi connectivity index (χ3v) is 6.04. The van der Waals surface area contributed by atoms with E-state index < -0.39 is 24.3 Å². The lowest BCUT2D eigenvalue weighted by molar-refractivity contribution is -0.256. The molecule has 0 radical (unpaired) electrons. The number of esters is 1. The molecule has 0 aliphatic carbocycles. The summed E-state index contributed by atoms with van der Waals surface area (Å²) >= 11 is 0. The van der Waals surface area contributed by atoms with Crippen molar-refractivity contribution in [1.29, 1.82) is 0 Å². The molecule has 1 aromatic rings. The first kappa shape index (κ1) is 29.0. The summed E-state index contributed by atoms with van der Waals surface area (Å²) in [5.74, 6) is -1.82. The first-order valence-electron chi connectivity index (χ1n) is 11.6. The molecule has 1 amide bonds. The molecule has 1 aliphatic heterocycles. The molecule has 0 spiro atoms. The van der Waals surface area contributed by atoms with Crippen molar-refractivity contribution in [2.75, 3.05) is 46.2 Å². The molecule has 1 fully saturated rings. The molecule has 1 saturated heterocycles. The molecular formula is C24H34F3NO7. The number of halogens is 3. The van der Waals surface area contributed by atoms with Crippen molar-refractivity contribution in [2.24, 2.45) is 17.8 Å². The predicted octanol–water partition coefficient (Wildman–Crippen LogP) is 3.20. The van der Waals surface area contributed by atoms with Crippen molar-refractivity contribution < 1.29 is 46.4 Å². The Morgan fingerprint density at radius 1 is 0.914 bits per heavy atom. The van der Waals surface area contributed by atoms with Gasteiger partial charge in [0, 0.05) is 12.5 Å². The Bertz CT molecular complexity index is 778. The van der Waals surface area contributed by atoms with Gasteiger partial charge in [0.25, 0.3) is 0 Å². The summed E-state index contributed by atoms with van der Waals surface area (Å²) < 4.78 is 64.0. The first-order valence-corrected chi connectivity index (χ1v) is 11.6. The van der Waals surface area contributed by atoms with Crippen molar-refractivity contribution in [3.8, 4) is 0 Å².